The van der Waals surface area contributed by atoms with Crippen molar-refractivity contribution in [3.05, 3.63) is 0 Å². The summed E-state index contributed by atoms with van der Waals surface area (Å²) in [5.41, 5.74) is 0. The van der Waals surface area contributed by atoms with Gasteiger partial charge in [0.05, 0.1) is 12.3 Å². The van der Waals surface area contributed by atoms with E-state index in [9.17, 15) is 4.79 Å². The van der Waals surface area contributed by atoms with Crippen LogP contribution >= 0.6 is 11.8 Å². The smallest absolute Gasteiger partial charge is 0.230 e. The quantitative estimate of drug-likeness (QED) is 0.497. The van der Waals surface area contributed by atoms with Crippen LogP contribution in [0.2, 0.25) is 0 Å². The second-order valence-corrected chi connectivity index (χ2v) is 5.81. The lowest BCUT2D eigenvalue weighted by Gasteiger charge is -2.13. The SMILES string of the molecule is COC(Cn1nnnc1SCC(=O)NCCC(C)C)OC. The third-order valence-corrected chi connectivity index (χ3v) is 3.68. The van der Waals surface area contributed by atoms with Crippen molar-refractivity contribution in [3.63, 3.8) is 0 Å². The molecule has 0 aliphatic carbocycles. The van der Waals surface area contributed by atoms with Crippen molar-refractivity contribution in [2.45, 2.75) is 38.3 Å². The van der Waals surface area contributed by atoms with Crippen LogP contribution < -0.4 is 5.32 Å². The summed E-state index contributed by atoms with van der Waals surface area (Å²) >= 11 is 1.29. The lowest BCUT2D eigenvalue weighted by Crippen LogP contribution is -2.27. The maximum Gasteiger partial charge on any atom is 0.230 e. The molecule has 0 spiro atoms. The molecule has 1 aromatic heterocycles. The molecule has 0 aliphatic heterocycles. The molecule has 1 amide bonds. The van der Waals surface area contributed by atoms with Crippen LogP contribution in [0.25, 0.3) is 0 Å². The maximum absolute atomic E-state index is 11.7. The molecule has 1 aromatic rings. The molecule has 0 aliphatic rings. The van der Waals surface area contributed by atoms with Gasteiger partial charge in [0.25, 0.3) is 0 Å². The van der Waals surface area contributed by atoms with Gasteiger partial charge in [-0.3, -0.25) is 4.79 Å². The average molecular weight is 317 g/mol. The molecule has 21 heavy (non-hydrogen) atoms. The Labute approximate surface area is 128 Å². The number of hydrogen-bond acceptors (Lipinski definition) is 7. The summed E-state index contributed by atoms with van der Waals surface area (Å²) in [6, 6.07) is 0. The Kier molecular flexibility index (Phi) is 8.24. The Morgan fingerprint density at radius 2 is 2.10 bits per heavy atom. The molecule has 1 rings (SSSR count). The van der Waals surface area contributed by atoms with E-state index in [0.29, 0.717) is 24.2 Å². The molecular formula is C12H23N5O3S. The third-order valence-electron chi connectivity index (χ3n) is 2.72. The van der Waals surface area contributed by atoms with Crippen LogP contribution in [-0.2, 0) is 20.8 Å². The Morgan fingerprint density at radius 3 is 2.71 bits per heavy atom. The summed E-state index contributed by atoms with van der Waals surface area (Å²) in [7, 11) is 3.10. The fourth-order valence-corrected chi connectivity index (χ4v) is 2.20. The van der Waals surface area contributed by atoms with Crippen LogP contribution in [0.15, 0.2) is 5.16 Å². The predicted molar refractivity (Wildman–Crippen MR) is 78.8 cm³/mol. The van der Waals surface area contributed by atoms with E-state index >= 15 is 0 Å². The van der Waals surface area contributed by atoms with Gasteiger partial charge in [-0.15, -0.1) is 5.10 Å². The van der Waals surface area contributed by atoms with Crippen molar-refractivity contribution < 1.29 is 14.3 Å². The lowest BCUT2D eigenvalue weighted by atomic mass is 10.1. The zero-order valence-electron chi connectivity index (χ0n) is 12.9. The molecule has 0 atom stereocenters. The van der Waals surface area contributed by atoms with E-state index in [4.69, 9.17) is 9.47 Å². The number of methoxy groups -OCH3 is 2. The van der Waals surface area contributed by atoms with Crippen LogP contribution in [0.4, 0.5) is 0 Å². The molecule has 0 bridgehead atoms. The van der Waals surface area contributed by atoms with Crippen molar-refractivity contribution in [2.24, 2.45) is 5.92 Å². The van der Waals surface area contributed by atoms with E-state index in [-0.39, 0.29) is 11.7 Å². The summed E-state index contributed by atoms with van der Waals surface area (Å²) in [5.74, 6) is 0.832. The summed E-state index contributed by atoms with van der Waals surface area (Å²) in [6.07, 6.45) is 0.546. The first kappa shape index (κ1) is 17.9. The molecule has 0 fully saturated rings. The first-order valence-electron chi connectivity index (χ1n) is 6.78. The Balaban J connectivity index is 2.38. The van der Waals surface area contributed by atoms with Crippen molar-refractivity contribution in [1.29, 1.82) is 0 Å². The minimum absolute atomic E-state index is 0.0229. The Morgan fingerprint density at radius 1 is 1.38 bits per heavy atom. The van der Waals surface area contributed by atoms with E-state index < -0.39 is 6.29 Å². The number of thioether (sulfide) groups is 1. The van der Waals surface area contributed by atoms with E-state index in [1.165, 1.54) is 11.8 Å². The number of tetrazole rings is 1. The van der Waals surface area contributed by atoms with Gasteiger partial charge in [-0.1, -0.05) is 25.6 Å². The predicted octanol–water partition coefficient (Wildman–Crippen LogP) is 0.546. The van der Waals surface area contributed by atoms with E-state index in [0.717, 1.165) is 6.42 Å². The summed E-state index contributed by atoms with van der Waals surface area (Å²) < 4.78 is 11.8. The summed E-state index contributed by atoms with van der Waals surface area (Å²) in [5, 5.41) is 14.8. The molecule has 0 unspecified atom stereocenters. The van der Waals surface area contributed by atoms with E-state index in [1.807, 2.05) is 0 Å². The number of ether oxygens (including phenoxy) is 2. The molecule has 9 heteroatoms. The minimum atomic E-state index is -0.423. The fraction of sp³-hybridized carbons (Fsp3) is 0.833. The van der Waals surface area contributed by atoms with Crippen molar-refractivity contribution >= 4 is 17.7 Å². The molecule has 0 saturated carbocycles. The highest BCUT2D eigenvalue weighted by atomic mass is 32.2. The largest absolute Gasteiger partial charge is 0.355 e. The maximum atomic E-state index is 11.7. The van der Waals surface area contributed by atoms with Crippen LogP contribution in [0, 0.1) is 5.92 Å². The van der Waals surface area contributed by atoms with Gasteiger partial charge >= 0.3 is 0 Å². The number of aromatic nitrogens is 4. The Bertz CT molecular complexity index is 423. The first-order valence-corrected chi connectivity index (χ1v) is 7.76. The van der Waals surface area contributed by atoms with Crippen LogP contribution in [0.3, 0.4) is 0 Å². The Hall–Kier alpha value is -1.19. The summed E-state index contributed by atoms with van der Waals surface area (Å²) in [4.78, 5) is 11.7. The third kappa shape index (κ3) is 6.87. The average Bonchev–Trinajstić information content (AvgIpc) is 2.89. The zero-order valence-corrected chi connectivity index (χ0v) is 13.7. The van der Waals surface area contributed by atoms with Gasteiger partial charge in [0.15, 0.2) is 6.29 Å². The van der Waals surface area contributed by atoms with Gasteiger partial charge in [0.2, 0.25) is 11.1 Å². The molecular weight excluding hydrogens is 294 g/mol. The van der Waals surface area contributed by atoms with Crippen molar-refractivity contribution in [1.82, 2.24) is 25.5 Å². The number of nitrogens with zero attached hydrogens (tertiary/aromatic N) is 4. The number of carbonyl (C=O) groups is 1. The van der Waals surface area contributed by atoms with Crippen LogP contribution in [0.5, 0.6) is 0 Å². The monoisotopic (exact) mass is 317 g/mol. The molecule has 120 valence electrons. The van der Waals surface area contributed by atoms with E-state index in [1.54, 1.807) is 18.9 Å². The van der Waals surface area contributed by atoms with Gasteiger partial charge in [0, 0.05) is 20.8 Å². The molecule has 0 radical (unpaired) electrons. The lowest BCUT2D eigenvalue weighted by molar-refractivity contribution is -0.118. The van der Waals surface area contributed by atoms with Crippen molar-refractivity contribution in [3.8, 4) is 0 Å². The first-order chi connectivity index (χ1) is 10.1. The highest BCUT2D eigenvalue weighted by Crippen LogP contribution is 2.14. The molecule has 0 aromatic carbocycles. The molecule has 1 heterocycles. The fourth-order valence-electron chi connectivity index (χ4n) is 1.48. The topological polar surface area (TPSA) is 91.2 Å². The second kappa shape index (κ2) is 9.69. The van der Waals surface area contributed by atoms with Gasteiger partial charge in [-0.2, -0.15) is 0 Å². The number of carbonyl (C=O) groups excluding carboxylic acids is 1. The van der Waals surface area contributed by atoms with Crippen LogP contribution in [0.1, 0.15) is 20.3 Å². The summed E-state index contributed by atoms with van der Waals surface area (Å²) in [6.45, 7) is 5.31. The minimum Gasteiger partial charge on any atom is -0.355 e. The van der Waals surface area contributed by atoms with Gasteiger partial charge in [0.1, 0.15) is 0 Å². The number of rotatable bonds is 10. The number of hydrogen-bond donors (Lipinski definition) is 1. The zero-order chi connectivity index (χ0) is 15.7. The molecule has 0 saturated heterocycles. The van der Waals surface area contributed by atoms with Gasteiger partial charge in [-0.25, -0.2) is 4.68 Å². The van der Waals surface area contributed by atoms with Gasteiger partial charge < -0.3 is 14.8 Å². The van der Waals surface area contributed by atoms with Crippen molar-refractivity contribution in [2.75, 3.05) is 26.5 Å². The normalized spacial score (nSPS) is 11.3. The molecule has 1 N–H and O–H groups in total. The highest BCUT2D eigenvalue weighted by Gasteiger charge is 2.14. The second-order valence-electron chi connectivity index (χ2n) is 4.87. The van der Waals surface area contributed by atoms with E-state index in [2.05, 4.69) is 34.7 Å². The molecule has 8 nitrogen and oxygen atoms in total. The standard InChI is InChI=1S/C12H23N5O3S/c1-9(2)5-6-13-10(18)8-21-12-14-15-16-17(12)7-11(19-3)20-4/h9,11H,5-8H2,1-4H3,(H,13,18). The highest BCUT2D eigenvalue weighted by molar-refractivity contribution is 7.99. The van der Waals surface area contributed by atoms with Gasteiger partial charge in [-0.05, 0) is 22.8 Å². The van der Waals surface area contributed by atoms with Crippen LogP contribution in [-0.4, -0.2) is 58.9 Å². The number of nitrogens with one attached hydrogen (secondary N) is 1. The number of amides is 1.